The van der Waals surface area contributed by atoms with E-state index in [0.717, 1.165) is 10.0 Å². The number of rotatable bonds is 4. The number of hydrogen-bond donors (Lipinski definition) is 2. The molecule has 0 aliphatic carbocycles. The van der Waals surface area contributed by atoms with Gasteiger partial charge in [-0.25, -0.2) is 4.79 Å². The molecule has 100 valence electrons. The highest BCUT2D eigenvalue weighted by molar-refractivity contribution is 9.10. The van der Waals surface area contributed by atoms with Crippen LogP contribution in [-0.2, 0) is 0 Å². The number of carboxylic acid groups (broad SMARTS) is 1. The molecule has 1 amide bonds. The van der Waals surface area contributed by atoms with Crippen LogP contribution in [0, 0.1) is 0 Å². The largest absolute Gasteiger partial charge is 0.468 e. The summed E-state index contributed by atoms with van der Waals surface area (Å²) in [7, 11) is 1.49. The molecular weight excluding hydrogens is 314 g/mol. The number of nitrogens with one attached hydrogen (secondary N) is 1. The van der Waals surface area contributed by atoms with Crippen molar-refractivity contribution in [3.8, 4) is 5.95 Å². The summed E-state index contributed by atoms with van der Waals surface area (Å²) in [5.41, 5.74) is 0.772. The maximum absolute atomic E-state index is 10.9. The van der Waals surface area contributed by atoms with Crippen molar-refractivity contribution in [2.75, 3.05) is 7.11 Å². The molecule has 6 heteroatoms. The van der Waals surface area contributed by atoms with Crippen LogP contribution in [0.3, 0.4) is 0 Å². The zero-order valence-electron chi connectivity index (χ0n) is 10.1. The van der Waals surface area contributed by atoms with Gasteiger partial charge in [-0.05, 0) is 23.8 Å². The summed E-state index contributed by atoms with van der Waals surface area (Å²) in [6, 6.07) is 10.1. The SMILES string of the molecule is COc1ccc(C(NC(=O)O)c2cccc(Br)c2)o1. The first kappa shape index (κ1) is 13.5. The molecule has 1 heterocycles. The number of hydrogen-bond acceptors (Lipinski definition) is 3. The third kappa shape index (κ3) is 3.29. The van der Waals surface area contributed by atoms with Gasteiger partial charge in [0.2, 0.25) is 0 Å². The quantitative estimate of drug-likeness (QED) is 0.903. The topological polar surface area (TPSA) is 71.7 Å². The van der Waals surface area contributed by atoms with Gasteiger partial charge in [0.1, 0.15) is 11.8 Å². The molecule has 2 rings (SSSR count). The van der Waals surface area contributed by atoms with Gasteiger partial charge >= 0.3 is 6.09 Å². The van der Waals surface area contributed by atoms with Gasteiger partial charge in [-0.15, -0.1) is 0 Å². The predicted molar refractivity (Wildman–Crippen MR) is 72.4 cm³/mol. The van der Waals surface area contributed by atoms with Crippen molar-refractivity contribution < 1.29 is 19.1 Å². The average Bonchev–Trinajstić information content (AvgIpc) is 2.84. The number of carbonyl (C=O) groups is 1. The standard InChI is InChI=1S/C13H12BrNO4/c1-18-11-6-5-10(19-11)12(15-13(16)17)8-3-2-4-9(14)7-8/h2-7,12,15H,1H3,(H,16,17). The maximum atomic E-state index is 10.9. The Hall–Kier alpha value is -1.95. The first-order valence-corrected chi connectivity index (χ1v) is 6.28. The van der Waals surface area contributed by atoms with Gasteiger partial charge in [-0.3, -0.25) is 0 Å². The van der Waals surface area contributed by atoms with Crippen LogP contribution in [0.5, 0.6) is 5.95 Å². The highest BCUT2D eigenvalue weighted by atomic mass is 79.9. The molecule has 2 N–H and O–H groups in total. The van der Waals surface area contributed by atoms with Crippen molar-refractivity contribution in [3.05, 3.63) is 52.2 Å². The molecule has 0 radical (unpaired) electrons. The molecular formula is C13H12BrNO4. The Morgan fingerprint density at radius 1 is 1.42 bits per heavy atom. The van der Waals surface area contributed by atoms with Gasteiger partial charge in [0.15, 0.2) is 0 Å². The minimum Gasteiger partial charge on any atom is -0.468 e. The fourth-order valence-corrected chi connectivity index (χ4v) is 2.14. The first-order valence-electron chi connectivity index (χ1n) is 5.49. The molecule has 0 bridgehead atoms. The number of benzene rings is 1. The minimum absolute atomic E-state index is 0.335. The smallest absolute Gasteiger partial charge is 0.405 e. The van der Waals surface area contributed by atoms with E-state index in [2.05, 4.69) is 21.2 Å². The Balaban J connectivity index is 2.37. The second-order valence-electron chi connectivity index (χ2n) is 3.80. The molecule has 1 atom stereocenters. The van der Waals surface area contributed by atoms with E-state index >= 15 is 0 Å². The zero-order valence-corrected chi connectivity index (χ0v) is 11.7. The van der Waals surface area contributed by atoms with Crippen molar-refractivity contribution in [1.29, 1.82) is 0 Å². The fraction of sp³-hybridized carbons (Fsp3) is 0.154. The summed E-state index contributed by atoms with van der Waals surface area (Å²) in [4.78, 5) is 10.9. The van der Waals surface area contributed by atoms with E-state index in [9.17, 15) is 4.79 Å². The van der Waals surface area contributed by atoms with E-state index in [0.29, 0.717) is 11.7 Å². The third-order valence-electron chi connectivity index (χ3n) is 2.54. The lowest BCUT2D eigenvalue weighted by Gasteiger charge is -2.15. The van der Waals surface area contributed by atoms with Crippen LogP contribution in [0.25, 0.3) is 0 Å². The lowest BCUT2D eigenvalue weighted by atomic mass is 10.1. The van der Waals surface area contributed by atoms with E-state index in [1.54, 1.807) is 12.1 Å². The van der Waals surface area contributed by atoms with E-state index < -0.39 is 12.1 Å². The van der Waals surface area contributed by atoms with E-state index in [-0.39, 0.29) is 0 Å². The Bertz CT molecular complexity index is 582. The van der Waals surface area contributed by atoms with Gasteiger partial charge in [0.05, 0.1) is 7.11 Å². The summed E-state index contributed by atoms with van der Waals surface area (Å²) >= 11 is 3.36. The Morgan fingerprint density at radius 2 is 2.21 bits per heavy atom. The van der Waals surface area contributed by atoms with Gasteiger partial charge < -0.3 is 19.6 Å². The summed E-state index contributed by atoms with van der Waals surface area (Å²) in [5.74, 6) is 0.805. The van der Waals surface area contributed by atoms with Crippen molar-refractivity contribution in [2.24, 2.45) is 0 Å². The molecule has 5 nitrogen and oxygen atoms in total. The van der Waals surface area contributed by atoms with Gasteiger partial charge in [0.25, 0.3) is 5.95 Å². The normalized spacial score (nSPS) is 11.9. The monoisotopic (exact) mass is 325 g/mol. The molecule has 0 aliphatic heterocycles. The molecule has 0 spiro atoms. The summed E-state index contributed by atoms with van der Waals surface area (Å²) in [6.07, 6.45) is -1.12. The molecule has 0 saturated heterocycles. The molecule has 1 aromatic heterocycles. The molecule has 0 fully saturated rings. The van der Waals surface area contributed by atoms with Crippen molar-refractivity contribution >= 4 is 22.0 Å². The molecule has 0 saturated carbocycles. The van der Waals surface area contributed by atoms with Crippen LogP contribution < -0.4 is 10.1 Å². The third-order valence-corrected chi connectivity index (χ3v) is 3.03. The van der Waals surface area contributed by atoms with Crippen molar-refractivity contribution in [1.82, 2.24) is 5.32 Å². The summed E-state index contributed by atoms with van der Waals surface area (Å²) in [6.45, 7) is 0. The predicted octanol–water partition coefficient (Wildman–Crippen LogP) is 3.41. The fourth-order valence-electron chi connectivity index (χ4n) is 1.73. The number of ether oxygens (including phenoxy) is 1. The minimum atomic E-state index is -1.12. The van der Waals surface area contributed by atoms with Crippen LogP contribution >= 0.6 is 15.9 Å². The second-order valence-corrected chi connectivity index (χ2v) is 4.71. The van der Waals surface area contributed by atoms with E-state index in [4.69, 9.17) is 14.3 Å². The second kappa shape index (κ2) is 5.79. The molecule has 0 aliphatic rings. The van der Waals surface area contributed by atoms with Crippen molar-refractivity contribution in [3.63, 3.8) is 0 Å². The molecule has 2 aromatic rings. The lowest BCUT2D eigenvalue weighted by Crippen LogP contribution is -2.27. The van der Waals surface area contributed by atoms with E-state index in [1.165, 1.54) is 7.11 Å². The number of halogens is 1. The Morgan fingerprint density at radius 3 is 2.79 bits per heavy atom. The summed E-state index contributed by atoms with van der Waals surface area (Å²) in [5, 5.41) is 11.4. The highest BCUT2D eigenvalue weighted by Crippen LogP contribution is 2.28. The van der Waals surface area contributed by atoms with Gasteiger partial charge in [-0.1, -0.05) is 28.1 Å². The van der Waals surface area contributed by atoms with Crippen LogP contribution in [-0.4, -0.2) is 18.3 Å². The van der Waals surface area contributed by atoms with Crippen LogP contribution in [0.2, 0.25) is 0 Å². The van der Waals surface area contributed by atoms with Gasteiger partial charge in [0, 0.05) is 10.5 Å². The zero-order chi connectivity index (χ0) is 13.8. The first-order chi connectivity index (χ1) is 9.10. The average molecular weight is 326 g/mol. The molecule has 1 unspecified atom stereocenters. The Kier molecular flexibility index (Phi) is 4.11. The number of methoxy groups -OCH3 is 1. The Labute approximate surface area is 118 Å². The number of furan rings is 1. The van der Waals surface area contributed by atoms with Gasteiger partial charge in [-0.2, -0.15) is 0 Å². The summed E-state index contributed by atoms with van der Waals surface area (Å²) < 4.78 is 11.2. The maximum Gasteiger partial charge on any atom is 0.405 e. The van der Waals surface area contributed by atoms with Crippen LogP contribution in [0.15, 0.2) is 45.3 Å². The van der Waals surface area contributed by atoms with Crippen LogP contribution in [0.1, 0.15) is 17.4 Å². The lowest BCUT2D eigenvalue weighted by molar-refractivity contribution is 0.189. The molecule has 1 aromatic carbocycles. The molecule has 19 heavy (non-hydrogen) atoms. The van der Waals surface area contributed by atoms with Crippen molar-refractivity contribution in [2.45, 2.75) is 6.04 Å². The highest BCUT2D eigenvalue weighted by Gasteiger charge is 2.20. The number of amides is 1. The van der Waals surface area contributed by atoms with Crippen LogP contribution in [0.4, 0.5) is 4.79 Å². The van der Waals surface area contributed by atoms with E-state index in [1.807, 2.05) is 24.3 Å².